The molecule has 0 bridgehead atoms. The van der Waals surface area contributed by atoms with Crippen LogP contribution in [-0.2, 0) is 9.53 Å². The van der Waals surface area contributed by atoms with Crippen molar-refractivity contribution in [2.45, 2.75) is 59.0 Å². The number of rotatable bonds is 14. The summed E-state index contributed by atoms with van der Waals surface area (Å²) < 4.78 is 31.8. The Labute approximate surface area is 155 Å². The minimum Gasteiger partial charge on any atom is -0.360 e. The molecule has 0 aromatic carbocycles. The van der Waals surface area contributed by atoms with Crippen molar-refractivity contribution in [2.24, 2.45) is 4.99 Å². The van der Waals surface area contributed by atoms with Crippen molar-refractivity contribution >= 4 is 11.6 Å². The van der Waals surface area contributed by atoms with E-state index in [1.807, 2.05) is 13.8 Å². The van der Waals surface area contributed by atoms with Crippen molar-refractivity contribution in [3.63, 3.8) is 0 Å². The first-order valence-corrected chi connectivity index (χ1v) is 9.09. The third-order valence-electron chi connectivity index (χ3n) is 3.62. The molecule has 0 rings (SSSR count). The van der Waals surface area contributed by atoms with Gasteiger partial charge in [0.15, 0.2) is 0 Å². The Morgan fingerprint density at radius 2 is 1.96 bits per heavy atom. The Morgan fingerprint density at radius 1 is 1.27 bits per heavy atom. The Balaban J connectivity index is 4.40. The molecule has 6 nitrogen and oxygen atoms in total. The molecule has 0 saturated carbocycles. The summed E-state index contributed by atoms with van der Waals surface area (Å²) in [7, 11) is 1.75. The predicted molar refractivity (Wildman–Crippen MR) is 102 cm³/mol. The number of nitrogens with zero attached hydrogens (tertiary/aromatic N) is 1. The number of carbonyl (C=O) groups is 1. The number of ether oxygens (including phenoxy) is 1. The number of amides is 1. The van der Waals surface area contributed by atoms with Gasteiger partial charge in [0, 0.05) is 13.1 Å². The van der Waals surface area contributed by atoms with Crippen LogP contribution in [0, 0.1) is 0 Å². The highest BCUT2D eigenvalue weighted by Crippen LogP contribution is 2.09. The standard InChI is InChI=1S/C18H34F2N4O2/c1-6-23-18(25)17(24-15(4)21-5)11-26-12-22-10-16(14(3)20)9-7-8-13(2)19/h9,13-15,21-22H,6-8,10-12H2,1-5H3,(H,23,25)/b16-9-,24-17?. The van der Waals surface area contributed by atoms with Gasteiger partial charge in [0.25, 0.3) is 5.91 Å². The lowest BCUT2D eigenvalue weighted by Gasteiger charge is -2.13. The molecule has 3 unspecified atom stereocenters. The maximum absolute atomic E-state index is 13.6. The largest absolute Gasteiger partial charge is 0.360 e. The first-order valence-electron chi connectivity index (χ1n) is 9.09. The number of aliphatic imine (C=N–C) groups is 1. The van der Waals surface area contributed by atoms with Crippen LogP contribution in [0.15, 0.2) is 16.6 Å². The van der Waals surface area contributed by atoms with Gasteiger partial charge in [0.05, 0.1) is 25.7 Å². The van der Waals surface area contributed by atoms with Crippen LogP contribution in [0.4, 0.5) is 8.78 Å². The van der Waals surface area contributed by atoms with Gasteiger partial charge >= 0.3 is 0 Å². The molecular formula is C18H34F2N4O2. The second kappa shape index (κ2) is 14.8. The van der Waals surface area contributed by atoms with Crippen molar-refractivity contribution in [1.29, 1.82) is 0 Å². The number of halogens is 2. The molecule has 0 fully saturated rings. The quantitative estimate of drug-likeness (QED) is 0.188. The van der Waals surface area contributed by atoms with Crippen molar-refractivity contribution in [3.05, 3.63) is 11.6 Å². The molecule has 0 aliphatic heterocycles. The van der Waals surface area contributed by atoms with Crippen LogP contribution >= 0.6 is 0 Å². The van der Waals surface area contributed by atoms with E-state index in [1.54, 1.807) is 13.1 Å². The molecule has 0 heterocycles. The van der Waals surface area contributed by atoms with Gasteiger partial charge in [-0.1, -0.05) is 6.08 Å². The van der Waals surface area contributed by atoms with Gasteiger partial charge in [-0.2, -0.15) is 0 Å². The van der Waals surface area contributed by atoms with E-state index in [4.69, 9.17) is 4.74 Å². The first kappa shape index (κ1) is 24.6. The molecule has 0 aliphatic rings. The van der Waals surface area contributed by atoms with Crippen molar-refractivity contribution < 1.29 is 18.3 Å². The smallest absolute Gasteiger partial charge is 0.267 e. The summed E-state index contributed by atoms with van der Waals surface area (Å²) in [5.41, 5.74) is 0.859. The van der Waals surface area contributed by atoms with Gasteiger partial charge < -0.3 is 10.1 Å². The number of carbonyl (C=O) groups excluding carboxylic acids is 1. The summed E-state index contributed by atoms with van der Waals surface area (Å²) in [4.78, 5) is 16.2. The summed E-state index contributed by atoms with van der Waals surface area (Å²) >= 11 is 0. The Hall–Kier alpha value is -1.38. The second-order valence-electron chi connectivity index (χ2n) is 6.07. The van der Waals surface area contributed by atoms with Crippen LogP contribution in [0.1, 0.15) is 40.5 Å². The minimum atomic E-state index is -1.11. The van der Waals surface area contributed by atoms with Crippen LogP contribution in [0.3, 0.4) is 0 Å². The van der Waals surface area contributed by atoms with Crippen LogP contribution < -0.4 is 16.0 Å². The Bertz CT molecular complexity index is 454. The van der Waals surface area contributed by atoms with Gasteiger partial charge in [-0.05, 0) is 53.2 Å². The highest BCUT2D eigenvalue weighted by atomic mass is 19.1. The predicted octanol–water partition coefficient (Wildman–Crippen LogP) is 2.12. The van der Waals surface area contributed by atoms with Crippen LogP contribution in [0.2, 0.25) is 0 Å². The summed E-state index contributed by atoms with van der Waals surface area (Å²) in [5, 5.41) is 8.60. The number of nitrogens with one attached hydrogen (secondary N) is 3. The molecule has 8 heteroatoms. The molecule has 0 aromatic rings. The highest BCUT2D eigenvalue weighted by Gasteiger charge is 2.12. The average molecular weight is 376 g/mol. The topological polar surface area (TPSA) is 74.8 Å². The summed E-state index contributed by atoms with van der Waals surface area (Å²) in [6.45, 7) is 7.60. The third-order valence-corrected chi connectivity index (χ3v) is 3.62. The molecule has 26 heavy (non-hydrogen) atoms. The van der Waals surface area contributed by atoms with E-state index >= 15 is 0 Å². The summed E-state index contributed by atoms with van der Waals surface area (Å²) in [6, 6.07) is 0. The van der Waals surface area contributed by atoms with E-state index in [0.29, 0.717) is 37.2 Å². The van der Waals surface area contributed by atoms with Crippen molar-refractivity contribution in [1.82, 2.24) is 16.0 Å². The van der Waals surface area contributed by atoms with E-state index in [-0.39, 0.29) is 25.4 Å². The zero-order chi connectivity index (χ0) is 19.9. The lowest BCUT2D eigenvalue weighted by molar-refractivity contribution is -0.115. The number of hydrogen-bond acceptors (Lipinski definition) is 5. The first-order chi connectivity index (χ1) is 12.3. The zero-order valence-electron chi connectivity index (χ0n) is 16.6. The maximum atomic E-state index is 13.6. The van der Waals surface area contributed by atoms with Gasteiger partial charge in [0.1, 0.15) is 11.9 Å². The molecule has 1 amide bonds. The average Bonchev–Trinajstić information content (AvgIpc) is 2.58. The van der Waals surface area contributed by atoms with E-state index in [2.05, 4.69) is 20.9 Å². The van der Waals surface area contributed by atoms with Gasteiger partial charge in [-0.3, -0.25) is 20.4 Å². The summed E-state index contributed by atoms with van der Waals surface area (Å²) in [6.07, 6.45) is 0.392. The van der Waals surface area contributed by atoms with E-state index in [0.717, 1.165) is 0 Å². The lowest BCUT2D eigenvalue weighted by atomic mass is 10.1. The molecule has 0 spiro atoms. The Kier molecular flexibility index (Phi) is 14.0. The lowest BCUT2D eigenvalue weighted by Crippen LogP contribution is -2.36. The fourth-order valence-corrected chi connectivity index (χ4v) is 2.01. The van der Waals surface area contributed by atoms with E-state index in [1.165, 1.54) is 13.8 Å². The maximum Gasteiger partial charge on any atom is 0.267 e. The molecule has 0 aromatic heterocycles. The van der Waals surface area contributed by atoms with Crippen LogP contribution in [-0.4, -0.2) is 63.6 Å². The third kappa shape index (κ3) is 12.1. The van der Waals surface area contributed by atoms with E-state index < -0.39 is 12.3 Å². The molecule has 0 radical (unpaired) electrons. The fraction of sp³-hybridized carbons (Fsp3) is 0.778. The molecule has 0 saturated heterocycles. The minimum absolute atomic E-state index is 0.0500. The van der Waals surface area contributed by atoms with E-state index in [9.17, 15) is 13.6 Å². The normalized spacial score (nSPS) is 16.3. The fourth-order valence-electron chi connectivity index (χ4n) is 2.01. The molecule has 3 N–H and O–H groups in total. The van der Waals surface area contributed by atoms with Crippen molar-refractivity contribution in [2.75, 3.05) is 33.5 Å². The van der Waals surface area contributed by atoms with Crippen LogP contribution in [0.5, 0.6) is 0 Å². The van der Waals surface area contributed by atoms with Gasteiger partial charge in [-0.25, -0.2) is 8.78 Å². The second-order valence-corrected chi connectivity index (χ2v) is 6.07. The molecule has 0 aliphatic carbocycles. The zero-order valence-corrected chi connectivity index (χ0v) is 16.6. The number of hydrogen-bond donors (Lipinski definition) is 3. The molecule has 152 valence electrons. The monoisotopic (exact) mass is 376 g/mol. The number of alkyl halides is 2. The SMILES string of the molecule is CCNC(=O)C(COCNC/C(=C/CCC(C)F)C(C)F)=NC(C)NC. The summed E-state index contributed by atoms with van der Waals surface area (Å²) in [5.74, 6) is -0.270. The van der Waals surface area contributed by atoms with Gasteiger partial charge in [-0.15, -0.1) is 0 Å². The Morgan fingerprint density at radius 3 is 2.50 bits per heavy atom. The molecular weight excluding hydrogens is 342 g/mol. The van der Waals surface area contributed by atoms with Crippen molar-refractivity contribution in [3.8, 4) is 0 Å². The van der Waals surface area contributed by atoms with Gasteiger partial charge in [0.2, 0.25) is 0 Å². The molecule has 3 atom stereocenters. The highest BCUT2D eigenvalue weighted by molar-refractivity contribution is 6.39. The number of allylic oxidation sites excluding steroid dienone is 1. The van der Waals surface area contributed by atoms with Crippen LogP contribution in [0.25, 0.3) is 0 Å².